The van der Waals surface area contributed by atoms with Crippen molar-refractivity contribution in [2.45, 2.75) is 6.92 Å². The van der Waals surface area contributed by atoms with E-state index in [1.165, 1.54) is 7.11 Å². The lowest BCUT2D eigenvalue weighted by Crippen LogP contribution is -2.10. The molecule has 0 fully saturated rings. The first-order chi connectivity index (χ1) is 14.0. The highest BCUT2D eigenvalue weighted by atomic mass is 16.5. The second-order valence-corrected chi connectivity index (χ2v) is 6.21. The average molecular weight is 398 g/mol. The lowest BCUT2D eigenvalue weighted by molar-refractivity contribution is -0.139. The predicted octanol–water partition coefficient (Wildman–Crippen LogP) is 3.34. The summed E-state index contributed by atoms with van der Waals surface area (Å²) >= 11 is 0. The van der Waals surface area contributed by atoms with Crippen molar-refractivity contribution in [3.05, 3.63) is 48.0 Å². The highest BCUT2D eigenvalue weighted by Crippen LogP contribution is 2.42. The van der Waals surface area contributed by atoms with Gasteiger partial charge in [0.1, 0.15) is 0 Å². The number of carboxylic acid groups (broad SMARTS) is 1. The third kappa shape index (κ3) is 4.26. The smallest absolute Gasteiger partial charge is 0.341 e. The lowest BCUT2D eigenvalue weighted by Gasteiger charge is -2.15. The molecule has 1 N–H and O–H groups in total. The first kappa shape index (κ1) is 20.1. The highest BCUT2D eigenvalue weighted by Gasteiger charge is 2.19. The molecule has 8 nitrogen and oxygen atoms in total. The molecule has 0 saturated carbocycles. The van der Waals surface area contributed by atoms with Gasteiger partial charge in [-0.1, -0.05) is 17.7 Å². The fourth-order valence-electron chi connectivity index (χ4n) is 2.88. The van der Waals surface area contributed by atoms with Crippen LogP contribution in [0.2, 0.25) is 0 Å². The van der Waals surface area contributed by atoms with Gasteiger partial charge in [-0.2, -0.15) is 0 Å². The number of benzene rings is 2. The summed E-state index contributed by atoms with van der Waals surface area (Å²) in [5, 5.41) is 13.3. The Labute approximate surface area is 168 Å². The van der Waals surface area contributed by atoms with E-state index in [2.05, 4.69) is 5.10 Å². The molecule has 0 aliphatic heterocycles. The molecule has 0 radical (unpaired) electrons. The van der Waals surface area contributed by atoms with Gasteiger partial charge < -0.3 is 24.1 Å². The Hall–Kier alpha value is -3.68. The second-order valence-electron chi connectivity index (χ2n) is 6.21. The van der Waals surface area contributed by atoms with E-state index in [1.54, 1.807) is 37.1 Å². The second kappa shape index (κ2) is 8.55. The number of rotatable bonds is 8. The molecule has 1 heterocycles. The normalized spacial score (nSPS) is 10.5. The molecule has 2 aromatic carbocycles. The fraction of sp³-hybridized carbons (Fsp3) is 0.238. The van der Waals surface area contributed by atoms with E-state index < -0.39 is 12.6 Å². The van der Waals surface area contributed by atoms with E-state index in [9.17, 15) is 4.79 Å². The van der Waals surface area contributed by atoms with Crippen LogP contribution >= 0.6 is 0 Å². The number of hydrogen-bond acceptors (Lipinski definition) is 6. The van der Waals surface area contributed by atoms with Crippen LogP contribution in [-0.2, 0) is 4.79 Å². The van der Waals surface area contributed by atoms with E-state index in [-0.39, 0.29) is 5.88 Å². The molecule has 29 heavy (non-hydrogen) atoms. The zero-order valence-corrected chi connectivity index (χ0v) is 16.6. The number of aromatic nitrogens is 2. The van der Waals surface area contributed by atoms with E-state index in [0.717, 1.165) is 16.8 Å². The number of aliphatic carboxylic acids is 1. The van der Waals surface area contributed by atoms with Crippen molar-refractivity contribution in [2.75, 3.05) is 27.9 Å². The van der Waals surface area contributed by atoms with Crippen molar-refractivity contribution in [2.24, 2.45) is 0 Å². The molecule has 0 saturated heterocycles. The van der Waals surface area contributed by atoms with Crippen molar-refractivity contribution in [3.8, 4) is 40.1 Å². The lowest BCUT2D eigenvalue weighted by atomic mass is 10.1. The summed E-state index contributed by atoms with van der Waals surface area (Å²) in [6.45, 7) is 1.51. The Morgan fingerprint density at radius 2 is 1.62 bits per heavy atom. The maximum absolute atomic E-state index is 10.9. The van der Waals surface area contributed by atoms with Crippen molar-refractivity contribution >= 4 is 5.97 Å². The molecule has 3 aromatic rings. The van der Waals surface area contributed by atoms with Crippen LogP contribution in [-0.4, -0.2) is 48.8 Å². The molecular weight excluding hydrogens is 376 g/mol. The first-order valence-electron chi connectivity index (χ1n) is 8.79. The first-order valence-corrected chi connectivity index (χ1v) is 8.79. The van der Waals surface area contributed by atoms with E-state index in [0.29, 0.717) is 22.9 Å². The minimum atomic E-state index is -1.08. The molecule has 152 valence electrons. The molecule has 1 aromatic heterocycles. The summed E-state index contributed by atoms with van der Waals surface area (Å²) in [6.07, 6.45) is 0. The van der Waals surface area contributed by atoms with Gasteiger partial charge in [-0.15, -0.1) is 5.10 Å². The molecular formula is C21H22N2O6. The Morgan fingerprint density at radius 3 is 2.14 bits per heavy atom. The van der Waals surface area contributed by atoms with Crippen molar-refractivity contribution in [1.82, 2.24) is 9.78 Å². The van der Waals surface area contributed by atoms with E-state index in [4.69, 9.17) is 24.1 Å². The van der Waals surface area contributed by atoms with Gasteiger partial charge in [-0.3, -0.25) is 0 Å². The molecule has 0 atom stereocenters. The van der Waals surface area contributed by atoms with Crippen LogP contribution in [0.25, 0.3) is 16.9 Å². The van der Waals surface area contributed by atoms with Crippen LogP contribution in [0.4, 0.5) is 0 Å². The van der Waals surface area contributed by atoms with E-state index in [1.807, 2.05) is 31.2 Å². The Kier molecular flexibility index (Phi) is 5.92. The summed E-state index contributed by atoms with van der Waals surface area (Å²) in [5.41, 5.74) is 3.31. The van der Waals surface area contributed by atoms with Gasteiger partial charge in [-0.05, 0) is 31.2 Å². The van der Waals surface area contributed by atoms with Crippen molar-refractivity contribution in [3.63, 3.8) is 0 Å². The maximum Gasteiger partial charge on any atom is 0.341 e. The maximum atomic E-state index is 10.9. The van der Waals surface area contributed by atoms with Gasteiger partial charge >= 0.3 is 5.97 Å². The molecule has 0 unspecified atom stereocenters. The Balaban J connectivity index is 2.16. The standard InChI is InChI=1S/C21H22N2O6/c1-13-5-7-15(8-6-13)23-16(11-19(22-23)29-12-20(24)25)14-9-17(26-2)21(28-4)18(10-14)27-3/h5-11H,12H2,1-4H3,(H,24,25). The van der Waals surface area contributed by atoms with Gasteiger partial charge in [0.05, 0.1) is 32.7 Å². The minimum Gasteiger partial charge on any atom is -0.493 e. The Bertz CT molecular complexity index is 986. The number of nitrogens with zero attached hydrogens (tertiary/aromatic N) is 2. The van der Waals surface area contributed by atoms with Gasteiger partial charge in [0.15, 0.2) is 18.1 Å². The molecule has 0 bridgehead atoms. The van der Waals surface area contributed by atoms with Gasteiger partial charge in [0.25, 0.3) is 0 Å². The number of hydrogen-bond donors (Lipinski definition) is 1. The molecule has 0 aliphatic rings. The van der Waals surface area contributed by atoms with E-state index >= 15 is 0 Å². The number of methoxy groups -OCH3 is 3. The largest absolute Gasteiger partial charge is 0.493 e. The van der Waals surface area contributed by atoms with Gasteiger partial charge in [0, 0.05) is 11.6 Å². The number of carbonyl (C=O) groups is 1. The van der Waals surface area contributed by atoms with Crippen molar-refractivity contribution in [1.29, 1.82) is 0 Å². The van der Waals surface area contributed by atoms with Crippen molar-refractivity contribution < 1.29 is 28.8 Å². The summed E-state index contributed by atoms with van der Waals surface area (Å²) in [7, 11) is 4.62. The van der Waals surface area contributed by atoms with Crippen LogP contribution in [0.3, 0.4) is 0 Å². The van der Waals surface area contributed by atoms with Crippen LogP contribution < -0.4 is 18.9 Å². The molecule has 3 rings (SSSR count). The number of carboxylic acids is 1. The van der Waals surface area contributed by atoms with Gasteiger partial charge in [-0.25, -0.2) is 9.48 Å². The summed E-state index contributed by atoms with van der Waals surface area (Å²) in [5.74, 6) is 0.571. The Morgan fingerprint density at radius 1 is 1.00 bits per heavy atom. The monoisotopic (exact) mass is 398 g/mol. The summed E-state index contributed by atoms with van der Waals surface area (Å²) in [4.78, 5) is 10.9. The SMILES string of the molecule is COc1cc(-c2cc(OCC(=O)O)nn2-c2ccc(C)cc2)cc(OC)c1OC. The zero-order valence-electron chi connectivity index (χ0n) is 16.6. The van der Waals surface area contributed by atoms with Crippen LogP contribution in [0.15, 0.2) is 42.5 Å². The minimum absolute atomic E-state index is 0.191. The van der Waals surface area contributed by atoms with Crippen LogP contribution in [0.5, 0.6) is 23.1 Å². The third-order valence-electron chi connectivity index (χ3n) is 4.27. The number of aryl methyl sites for hydroxylation is 1. The average Bonchev–Trinajstić information content (AvgIpc) is 3.16. The summed E-state index contributed by atoms with van der Waals surface area (Å²) in [6, 6.07) is 13.0. The van der Waals surface area contributed by atoms with Crippen LogP contribution in [0.1, 0.15) is 5.56 Å². The van der Waals surface area contributed by atoms with Gasteiger partial charge in [0.2, 0.25) is 11.6 Å². The topological polar surface area (TPSA) is 92.0 Å². The molecule has 0 aliphatic carbocycles. The third-order valence-corrected chi connectivity index (χ3v) is 4.27. The quantitative estimate of drug-likeness (QED) is 0.622. The molecule has 0 amide bonds. The summed E-state index contributed by atoms with van der Waals surface area (Å²) < 4.78 is 23.2. The fourth-order valence-corrected chi connectivity index (χ4v) is 2.88. The van der Waals surface area contributed by atoms with Crippen LogP contribution in [0, 0.1) is 6.92 Å². The highest BCUT2D eigenvalue weighted by molar-refractivity contribution is 5.71. The zero-order chi connectivity index (χ0) is 21.0. The number of ether oxygens (including phenoxy) is 4. The molecule has 8 heteroatoms. The predicted molar refractivity (Wildman–Crippen MR) is 107 cm³/mol. The molecule has 0 spiro atoms.